The molecule has 0 bridgehead atoms. The van der Waals surface area contributed by atoms with Crippen LogP contribution in [0, 0.1) is 0 Å². The smallest absolute Gasteiger partial charge is 0.365 e. The predicted molar refractivity (Wildman–Crippen MR) is 69.9 cm³/mol. The number of rotatable bonds is 12. The summed E-state index contributed by atoms with van der Waals surface area (Å²) in [6.07, 6.45) is 1.02. The third-order valence-corrected chi connectivity index (χ3v) is 1.55. The first kappa shape index (κ1) is 21.3. The highest BCUT2D eigenvalue weighted by atomic mass is 17.2. The Bertz CT molecular complexity index is 200. The van der Waals surface area contributed by atoms with Crippen molar-refractivity contribution in [3.05, 3.63) is 12.7 Å². The minimum Gasteiger partial charge on any atom is -0.394 e. The molecular formula is C12H24O8. The summed E-state index contributed by atoms with van der Waals surface area (Å²) in [6.45, 7) is 5.89. The monoisotopic (exact) mass is 296 g/mol. The van der Waals surface area contributed by atoms with Crippen LogP contribution in [0.15, 0.2) is 12.7 Å². The Labute approximate surface area is 118 Å². The molecule has 2 N–H and O–H groups in total. The van der Waals surface area contributed by atoms with Gasteiger partial charge in [-0.2, -0.15) is 4.89 Å². The summed E-state index contributed by atoms with van der Waals surface area (Å²) < 4.78 is 15.0. The summed E-state index contributed by atoms with van der Waals surface area (Å²) >= 11 is 0. The maximum atomic E-state index is 9.95. The van der Waals surface area contributed by atoms with Crippen molar-refractivity contribution in [2.45, 2.75) is 0 Å². The van der Waals surface area contributed by atoms with Crippen LogP contribution in [0.4, 0.5) is 0 Å². The van der Waals surface area contributed by atoms with Crippen LogP contribution in [0.2, 0.25) is 0 Å². The summed E-state index contributed by atoms with van der Waals surface area (Å²) in [5, 5.41) is 16.7. The molecule has 0 fully saturated rings. The van der Waals surface area contributed by atoms with E-state index in [0.717, 1.165) is 6.08 Å². The molecule has 0 aromatic carbocycles. The van der Waals surface area contributed by atoms with Gasteiger partial charge >= 0.3 is 5.97 Å². The van der Waals surface area contributed by atoms with E-state index in [1.807, 2.05) is 0 Å². The Balaban J connectivity index is 0. The minimum absolute atomic E-state index is 0.0413. The zero-order valence-electron chi connectivity index (χ0n) is 11.8. The molecule has 20 heavy (non-hydrogen) atoms. The summed E-state index contributed by atoms with van der Waals surface area (Å²) in [7, 11) is 1.25. The molecule has 0 heterocycles. The lowest BCUT2D eigenvalue weighted by Gasteiger charge is -2.04. The number of hydrogen-bond donors (Lipinski definition) is 2. The van der Waals surface area contributed by atoms with E-state index >= 15 is 0 Å². The number of hydrogen-bond acceptors (Lipinski definition) is 8. The fourth-order valence-corrected chi connectivity index (χ4v) is 0.787. The molecule has 0 aliphatic carbocycles. The van der Waals surface area contributed by atoms with Crippen molar-refractivity contribution in [1.82, 2.24) is 0 Å². The van der Waals surface area contributed by atoms with Gasteiger partial charge < -0.3 is 24.4 Å². The maximum Gasteiger partial charge on any atom is 0.365 e. The van der Waals surface area contributed by atoms with Crippen LogP contribution in [0.5, 0.6) is 0 Å². The molecule has 120 valence electrons. The molecule has 0 amide bonds. The summed E-state index contributed by atoms with van der Waals surface area (Å²) in [5.41, 5.74) is 0. The second kappa shape index (κ2) is 20.3. The van der Waals surface area contributed by atoms with Gasteiger partial charge in [0, 0.05) is 6.08 Å². The van der Waals surface area contributed by atoms with Crippen molar-refractivity contribution in [2.24, 2.45) is 0 Å². The van der Waals surface area contributed by atoms with Gasteiger partial charge in [-0.25, -0.2) is 4.79 Å². The van der Waals surface area contributed by atoms with Gasteiger partial charge in [0.15, 0.2) is 0 Å². The standard InChI is InChI=1S/C8H18O5.C4H6O3/c9-1-3-11-5-7-13-8-6-12-4-2-10;1-3-4(5)7-6-2/h9-10H,1-8H2;3H,1H2,2H3. The Kier molecular flexibility index (Phi) is 21.6. The molecule has 0 saturated heterocycles. The molecule has 0 aliphatic heterocycles. The molecule has 0 unspecified atom stereocenters. The molecule has 0 saturated carbocycles. The van der Waals surface area contributed by atoms with E-state index in [1.54, 1.807) is 0 Å². The lowest BCUT2D eigenvalue weighted by molar-refractivity contribution is -0.249. The van der Waals surface area contributed by atoms with Gasteiger partial charge in [0.2, 0.25) is 0 Å². The van der Waals surface area contributed by atoms with Crippen molar-refractivity contribution in [3.8, 4) is 0 Å². The maximum absolute atomic E-state index is 9.95. The van der Waals surface area contributed by atoms with Crippen LogP contribution in [-0.4, -0.2) is 76.1 Å². The summed E-state index contributed by atoms with van der Waals surface area (Å²) in [6, 6.07) is 0. The number of carbonyl (C=O) groups is 1. The Morgan fingerprint density at radius 1 is 0.950 bits per heavy atom. The van der Waals surface area contributed by atoms with Crippen molar-refractivity contribution in [2.75, 3.05) is 60.0 Å². The third-order valence-electron chi connectivity index (χ3n) is 1.55. The molecule has 8 nitrogen and oxygen atoms in total. The molecule has 0 rings (SSSR count). The lowest BCUT2D eigenvalue weighted by atomic mass is 10.7. The zero-order valence-corrected chi connectivity index (χ0v) is 11.8. The SMILES string of the molecule is C=CC(=O)OOC.OCCOCCOCCOCCO. The topological polar surface area (TPSA) is 104 Å². The molecule has 0 spiro atoms. The van der Waals surface area contributed by atoms with Gasteiger partial charge in [-0.3, -0.25) is 4.89 Å². The Hall–Kier alpha value is -1.03. The van der Waals surface area contributed by atoms with Crippen molar-refractivity contribution >= 4 is 5.97 Å². The van der Waals surface area contributed by atoms with E-state index in [1.165, 1.54) is 7.11 Å². The van der Waals surface area contributed by atoms with Gasteiger partial charge in [0.05, 0.1) is 60.0 Å². The number of aliphatic hydroxyl groups excluding tert-OH is 2. The molecule has 0 aromatic rings. The van der Waals surface area contributed by atoms with Gasteiger partial charge in [-0.1, -0.05) is 6.58 Å². The lowest BCUT2D eigenvalue weighted by Crippen LogP contribution is -2.11. The van der Waals surface area contributed by atoms with E-state index in [0.29, 0.717) is 39.6 Å². The Morgan fingerprint density at radius 3 is 1.60 bits per heavy atom. The van der Waals surface area contributed by atoms with E-state index in [2.05, 4.69) is 16.4 Å². The first-order valence-electron chi connectivity index (χ1n) is 6.04. The average molecular weight is 296 g/mol. The normalized spacial score (nSPS) is 9.55. The van der Waals surface area contributed by atoms with Gasteiger partial charge in [0.25, 0.3) is 0 Å². The molecular weight excluding hydrogens is 272 g/mol. The van der Waals surface area contributed by atoms with Crippen molar-refractivity contribution < 1.29 is 39.0 Å². The quantitative estimate of drug-likeness (QED) is 0.211. The van der Waals surface area contributed by atoms with Crippen LogP contribution in [-0.2, 0) is 28.8 Å². The highest BCUT2D eigenvalue weighted by Crippen LogP contribution is 1.80. The fraction of sp³-hybridized carbons (Fsp3) is 0.750. The van der Waals surface area contributed by atoms with Gasteiger partial charge in [-0.05, 0) is 0 Å². The predicted octanol–water partition coefficient (Wildman–Crippen LogP) is -0.702. The molecule has 0 aliphatic rings. The molecule has 0 atom stereocenters. The number of aliphatic hydroxyl groups is 2. The summed E-state index contributed by atoms with van der Waals surface area (Å²) in [4.78, 5) is 17.9. The van der Waals surface area contributed by atoms with Crippen LogP contribution in [0.3, 0.4) is 0 Å². The van der Waals surface area contributed by atoms with Crippen LogP contribution < -0.4 is 0 Å². The first-order valence-corrected chi connectivity index (χ1v) is 6.04. The average Bonchev–Trinajstić information content (AvgIpc) is 2.46. The molecule has 8 heteroatoms. The zero-order chi connectivity index (χ0) is 15.5. The molecule has 0 aromatic heterocycles. The van der Waals surface area contributed by atoms with Gasteiger partial charge in [-0.15, -0.1) is 0 Å². The van der Waals surface area contributed by atoms with Gasteiger partial charge in [0.1, 0.15) is 0 Å². The second-order valence-electron chi connectivity index (χ2n) is 3.06. The number of carbonyl (C=O) groups excluding carboxylic acids is 1. The van der Waals surface area contributed by atoms with Crippen LogP contribution in [0.25, 0.3) is 0 Å². The van der Waals surface area contributed by atoms with Crippen LogP contribution in [0.1, 0.15) is 0 Å². The van der Waals surface area contributed by atoms with E-state index < -0.39 is 5.97 Å². The first-order chi connectivity index (χ1) is 9.72. The summed E-state index contributed by atoms with van der Waals surface area (Å²) in [5.74, 6) is -0.581. The number of ether oxygens (including phenoxy) is 3. The van der Waals surface area contributed by atoms with Crippen molar-refractivity contribution in [3.63, 3.8) is 0 Å². The van der Waals surface area contributed by atoms with Crippen molar-refractivity contribution in [1.29, 1.82) is 0 Å². The van der Waals surface area contributed by atoms with E-state index in [-0.39, 0.29) is 13.2 Å². The minimum atomic E-state index is -0.581. The van der Waals surface area contributed by atoms with E-state index in [9.17, 15) is 4.79 Å². The largest absolute Gasteiger partial charge is 0.394 e. The van der Waals surface area contributed by atoms with Crippen LogP contribution >= 0.6 is 0 Å². The molecule has 0 radical (unpaired) electrons. The highest BCUT2D eigenvalue weighted by molar-refractivity contribution is 5.80. The van der Waals surface area contributed by atoms with E-state index in [4.69, 9.17) is 24.4 Å². The second-order valence-corrected chi connectivity index (χ2v) is 3.06. The fourth-order valence-electron chi connectivity index (χ4n) is 0.787. The highest BCUT2D eigenvalue weighted by Gasteiger charge is 1.90. The third kappa shape index (κ3) is 22.2. The Morgan fingerprint density at radius 2 is 1.35 bits per heavy atom.